The van der Waals surface area contributed by atoms with Gasteiger partial charge in [-0.2, -0.15) is 13.2 Å². The van der Waals surface area contributed by atoms with E-state index in [1.165, 1.54) is 18.3 Å². The van der Waals surface area contributed by atoms with E-state index in [0.717, 1.165) is 10.5 Å². The third-order valence-electron chi connectivity index (χ3n) is 3.28. The topological polar surface area (TPSA) is 72.2 Å². The van der Waals surface area contributed by atoms with E-state index in [1.807, 2.05) is 0 Å². The number of nitrogens with one attached hydrogen (secondary N) is 1. The Balaban J connectivity index is 1.88. The number of nitrogens with zero attached hydrogens (tertiary/aromatic N) is 4. The van der Waals surface area contributed by atoms with Crippen molar-refractivity contribution >= 4 is 46.4 Å². The van der Waals surface area contributed by atoms with Crippen LogP contribution in [0.5, 0.6) is 0 Å². The zero-order valence-corrected chi connectivity index (χ0v) is 14.7. The molecule has 0 fully saturated rings. The second kappa shape index (κ2) is 6.90. The Hall–Kier alpha value is -2.10. The number of hydrogen-bond acceptors (Lipinski definition) is 4. The molecule has 26 heavy (non-hydrogen) atoms. The summed E-state index contributed by atoms with van der Waals surface area (Å²) in [5.41, 5.74) is -1.30. The van der Waals surface area contributed by atoms with Gasteiger partial charge in [0.1, 0.15) is 15.9 Å². The summed E-state index contributed by atoms with van der Waals surface area (Å²) in [6.45, 7) is -0.199. The summed E-state index contributed by atoms with van der Waals surface area (Å²) in [4.78, 5) is 15.9. The maximum atomic E-state index is 13.1. The van der Waals surface area contributed by atoms with Gasteiger partial charge in [0.05, 0.1) is 11.6 Å². The van der Waals surface area contributed by atoms with Gasteiger partial charge in [0.2, 0.25) is 0 Å². The number of alkyl halides is 3. The van der Waals surface area contributed by atoms with E-state index in [4.69, 9.17) is 34.8 Å². The van der Waals surface area contributed by atoms with Gasteiger partial charge in [-0.3, -0.25) is 9.20 Å². The van der Waals surface area contributed by atoms with Crippen molar-refractivity contribution in [1.29, 1.82) is 0 Å². The number of aromatic nitrogens is 4. The third-order valence-corrected chi connectivity index (χ3v) is 3.87. The summed E-state index contributed by atoms with van der Waals surface area (Å²) in [5.74, 6) is -0.501. The van der Waals surface area contributed by atoms with E-state index < -0.39 is 23.3 Å². The predicted molar refractivity (Wildman–Crippen MR) is 88.4 cm³/mol. The minimum atomic E-state index is -4.65. The molecule has 3 aromatic rings. The first-order valence-corrected chi connectivity index (χ1v) is 8.00. The molecule has 3 aromatic heterocycles. The van der Waals surface area contributed by atoms with Gasteiger partial charge in [-0.05, 0) is 18.2 Å². The molecule has 0 saturated heterocycles. The van der Waals surface area contributed by atoms with Gasteiger partial charge in [0.15, 0.2) is 11.5 Å². The molecule has 136 valence electrons. The molecule has 0 aliphatic rings. The van der Waals surface area contributed by atoms with Crippen molar-refractivity contribution in [2.75, 3.05) is 0 Å². The zero-order valence-electron chi connectivity index (χ0n) is 12.5. The Bertz CT molecular complexity index is 985. The average Bonchev–Trinajstić information content (AvgIpc) is 2.92. The quantitative estimate of drug-likeness (QED) is 0.644. The number of amides is 1. The average molecular weight is 425 g/mol. The first-order valence-electron chi connectivity index (χ1n) is 6.87. The van der Waals surface area contributed by atoms with Gasteiger partial charge in [-0.1, -0.05) is 34.8 Å². The molecule has 0 saturated carbocycles. The Morgan fingerprint density at radius 2 is 1.77 bits per heavy atom. The molecule has 1 amide bonds. The molecule has 3 rings (SSSR count). The summed E-state index contributed by atoms with van der Waals surface area (Å²) >= 11 is 17.2. The molecular formula is C14H7Cl3F3N5O. The van der Waals surface area contributed by atoms with E-state index in [9.17, 15) is 18.0 Å². The number of carbonyl (C=O) groups is 1. The van der Waals surface area contributed by atoms with Crippen molar-refractivity contribution in [3.05, 3.63) is 56.7 Å². The van der Waals surface area contributed by atoms with E-state index in [1.54, 1.807) is 0 Å². The standard InChI is InChI=1S/C14H7Cl3F3N5O/c15-7-3-8(14(18,19)20)12-24-23-11(25(12)5-7)4-21-13(26)6-1-9(16)22-10(17)2-6/h1-3,5H,4H2,(H,21,26). The van der Waals surface area contributed by atoms with Gasteiger partial charge >= 0.3 is 6.18 Å². The zero-order chi connectivity index (χ0) is 19.1. The molecule has 3 heterocycles. The lowest BCUT2D eigenvalue weighted by molar-refractivity contribution is -0.136. The van der Waals surface area contributed by atoms with Crippen LogP contribution in [0.1, 0.15) is 21.7 Å². The second-order valence-electron chi connectivity index (χ2n) is 5.06. The minimum Gasteiger partial charge on any atom is -0.345 e. The molecule has 0 radical (unpaired) electrons. The Kier molecular flexibility index (Phi) is 4.96. The summed E-state index contributed by atoms with van der Waals surface area (Å²) < 4.78 is 40.3. The molecule has 0 aliphatic carbocycles. The van der Waals surface area contributed by atoms with Crippen LogP contribution in [-0.4, -0.2) is 25.5 Å². The van der Waals surface area contributed by atoms with Crippen molar-refractivity contribution < 1.29 is 18.0 Å². The van der Waals surface area contributed by atoms with Gasteiger partial charge in [-0.15, -0.1) is 10.2 Å². The SMILES string of the molecule is O=C(NCc1nnc2c(C(F)(F)F)cc(Cl)cn12)c1cc(Cl)nc(Cl)c1. The molecule has 1 N–H and O–H groups in total. The van der Waals surface area contributed by atoms with Crippen LogP contribution >= 0.6 is 34.8 Å². The van der Waals surface area contributed by atoms with Gasteiger partial charge in [0.25, 0.3) is 5.91 Å². The number of rotatable bonds is 3. The maximum Gasteiger partial charge on any atom is 0.420 e. The van der Waals surface area contributed by atoms with Crippen molar-refractivity contribution in [1.82, 2.24) is 24.9 Å². The molecule has 6 nitrogen and oxygen atoms in total. The second-order valence-corrected chi connectivity index (χ2v) is 6.27. The van der Waals surface area contributed by atoms with Crippen molar-refractivity contribution in [3.8, 4) is 0 Å². The normalized spacial score (nSPS) is 11.8. The lowest BCUT2D eigenvalue weighted by atomic mass is 10.2. The van der Waals surface area contributed by atoms with Gasteiger partial charge in [-0.25, -0.2) is 4.98 Å². The van der Waals surface area contributed by atoms with Crippen molar-refractivity contribution in [2.45, 2.75) is 12.7 Å². The number of pyridine rings is 2. The monoisotopic (exact) mass is 423 g/mol. The third kappa shape index (κ3) is 3.84. The summed E-state index contributed by atoms with van der Waals surface area (Å²) in [5, 5.41) is 9.62. The van der Waals surface area contributed by atoms with Crippen molar-refractivity contribution in [2.24, 2.45) is 0 Å². The van der Waals surface area contributed by atoms with E-state index in [-0.39, 0.29) is 33.3 Å². The minimum absolute atomic E-state index is 0.0252. The first-order chi connectivity index (χ1) is 12.1. The van der Waals surface area contributed by atoms with Crippen LogP contribution in [-0.2, 0) is 12.7 Å². The Labute approximate surface area is 158 Å². The molecule has 0 unspecified atom stereocenters. The van der Waals surface area contributed by atoms with Crippen LogP contribution in [0, 0.1) is 0 Å². The predicted octanol–water partition coefficient (Wildman–Crippen LogP) is 4.03. The van der Waals surface area contributed by atoms with Gasteiger partial charge in [0, 0.05) is 11.8 Å². The molecule has 12 heteroatoms. The van der Waals surface area contributed by atoms with E-state index >= 15 is 0 Å². The van der Waals surface area contributed by atoms with Crippen LogP contribution in [0.3, 0.4) is 0 Å². The smallest absolute Gasteiger partial charge is 0.345 e. The molecule has 0 aliphatic heterocycles. The highest BCUT2D eigenvalue weighted by atomic mass is 35.5. The Morgan fingerprint density at radius 1 is 1.12 bits per heavy atom. The molecule has 0 atom stereocenters. The molecule has 0 bridgehead atoms. The fraction of sp³-hybridized carbons (Fsp3) is 0.143. The van der Waals surface area contributed by atoms with Crippen LogP contribution in [0.4, 0.5) is 13.2 Å². The number of carbonyl (C=O) groups excluding carboxylic acids is 1. The number of hydrogen-bond donors (Lipinski definition) is 1. The molecule has 0 spiro atoms. The van der Waals surface area contributed by atoms with Crippen LogP contribution < -0.4 is 5.32 Å². The van der Waals surface area contributed by atoms with Gasteiger partial charge < -0.3 is 5.32 Å². The number of halogens is 6. The first kappa shape index (κ1) is 18.7. The Morgan fingerprint density at radius 3 is 2.38 bits per heavy atom. The largest absolute Gasteiger partial charge is 0.420 e. The van der Waals surface area contributed by atoms with Crippen LogP contribution in [0.15, 0.2) is 24.4 Å². The lowest BCUT2D eigenvalue weighted by Gasteiger charge is -2.09. The highest BCUT2D eigenvalue weighted by molar-refractivity contribution is 6.33. The maximum absolute atomic E-state index is 13.1. The summed E-state index contributed by atoms with van der Waals surface area (Å²) in [6.07, 6.45) is -3.42. The highest BCUT2D eigenvalue weighted by Crippen LogP contribution is 2.33. The number of fused-ring (bicyclic) bond motifs is 1. The van der Waals surface area contributed by atoms with E-state index in [0.29, 0.717) is 0 Å². The fourth-order valence-corrected chi connectivity index (χ4v) is 2.86. The van der Waals surface area contributed by atoms with Crippen LogP contribution in [0.25, 0.3) is 5.65 Å². The van der Waals surface area contributed by atoms with Crippen LogP contribution in [0.2, 0.25) is 15.3 Å². The fourth-order valence-electron chi connectivity index (χ4n) is 2.19. The molecular weight excluding hydrogens is 418 g/mol. The van der Waals surface area contributed by atoms with Crippen molar-refractivity contribution in [3.63, 3.8) is 0 Å². The summed E-state index contributed by atoms with van der Waals surface area (Å²) in [7, 11) is 0. The van der Waals surface area contributed by atoms with E-state index in [2.05, 4.69) is 20.5 Å². The summed E-state index contributed by atoms with van der Waals surface area (Å²) in [6, 6.07) is 3.35. The highest BCUT2D eigenvalue weighted by Gasteiger charge is 2.35. The lowest BCUT2D eigenvalue weighted by Crippen LogP contribution is -2.24. The molecule has 0 aromatic carbocycles.